The fourth-order valence-corrected chi connectivity index (χ4v) is 1.13. The molecule has 6 nitrogen and oxygen atoms in total. The highest BCUT2D eigenvalue weighted by atomic mass is 16.4. The number of rotatable bonds is 4. The molecule has 2 heterocycles. The summed E-state index contributed by atoms with van der Waals surface area (Å²) in [5.74, 6) is 0.176. The monoisotopic (exact) mass is 219 g/mol. The van der Waals surface area contributed by atoms with Crippen molar-refractivity contribution in [3.63, 3.8) is 0 Å². The zero-order valence-corrected chi connectivity index (χ0v) is 8.25. The van der Waals surface area contributed by atoms with Gasteiger partial charge in [0.15, 0.2) is 5.69 Å². The van der Waals surface area contributed by atoms with Gasteiger partial charge in [-0.3, -0.25) is 0 Å². The van der Waals surface area contributed by atoms with E-state index >= 15 is 0 Å². The van der Waals surface area contributed by atoms with Crippen LogP contribution in [-0.2, 0) is 6.54 Å². The molecule has 16 heavy (non-hydrogen) atoms. The molecule has 0 bridgehead atoms. The first-order valence-electron chi connectivity index (χ1n) is 4.59. The first kappa shape index (κ1) is 10.2. The molecule has 2 rings (SSSR count). The summed E-state index contributed by atoms with van der Waals surface area (Å²) in [7, 11) is 0. The van der Waals surface area contributed by atoms with Gasteiger partial charge in [-0.15, -0.1) is 10.2 Å². The lowest BCUT2D eigenvalue weighted by Crippen LogP contribution is -2.05. The van der Waals surface area contributed by atoms with Crippen LogP contribution in [0.5, 0.6) is 0 Å². The van der Waals surface area contributed by atoms with Gasteiger partial charge in [0.1, 0.15) is 11.6 Å². The molecular formula is C10H9N3O3. The van der Waals surface area contributed by atoms with Crippen LogP contribution in [0.25, 0.3) is 0 Å². The average molecular weight is 219 g/mol. The number of nitrogens with zero attached hydrogens (tertiary/aromatic N) is 2. The van der Waals surface area contributed by atoms with Crippen LogP contribution < -0.4 is 5.32 Å². The Morgan fingerprint density at radius 1 is 1.38 bits per heavy atom. The summed E-state index contributed by atoms with van der Waals surface area (Å²) in [6.07, 6.45) is 1.58. The number of carbonyl (C=O) groups is 1. The van der Waals surface area contributed by atoms with Gasteiger partial charge in [0, 0.05) is 0 Å². The molecule has 0 radical (unpaired) electrons. The Morgan fingerprint density at radius 3 is 2.81 bits per heavy atom. The summed E-state index contributed by atoms with van der Waals surface area (Å²) in [6, 6.07) is 6.56. The van der Waals surface area contributed by atoms with Gasteiger partial charge in [0.05, 0.1) is 12.8 Å². The molecule has 0 aliphatic carbocycles. The Balaban J connectivity index is 1.98. The standard InChI is InChI=1S/C10H9N3O3/c14-10(15)8-3-4-9(13-12-8)11-6-7-2-1-5-16-7/h1-5H,6H2,(H,11,13)(H,14,15). The van der Waals surface area contributed by atoms with Crippen molar-refractivity contribution in [3.8, 4) is 0 Å². The Bertz CT molecular complexity index is 465. The first-order chi connectivity index (χ1) is 7.75. The minimum absolute atomic E-state index is 0.0800. The quantitative estimate of drug-likeness (QED) is 0.807. The number of carboxylic acid groups (broad SMARTS) is 1. The number of hydrogen-bond acceptors (Lipinski definition) is 5. The number of aromatic nitrogens is 2. The first-order valence-corrected chi connectivity index (χ1v) is 4.59. The predicted molar refractivity (Wildman–Crippen MR) is 55.0 cm³/mol. The Labute approximate surface area is 90.9 Å². The Kier molecular flexibility index (Phi) is 2.81. The molecule has 0 aliphatic rings. The van der Waals surface area contributed by atoms with Gasteiger partial charge >= 0.3 is 5.97 Å². The summed E-state index contributed by atoms with van der Waals surface area (Å²) in [6.45, 7) is 0.480. The van der Waals surface area contributed by atoms with Gasteiger partial charge in [-0.25, -0.2) is 4.79 Å². The molecule has 6 heteroatoms. The Hall–Kier alpha value is -2.37. The molecule has 2 aromatic heterocycles. The van der Waals surface area contributed by atoms with Crippen molar-refractivity contribution < 1.29 is 14.3 Å². The molecule has 0 saturated heterocycles. The summed E-state index contributed by atoms with van der Waals surface area (Å²) in [5, 5.41) is 18.8. The summed E-state index contributed by atoms with van der Waals surface area (Å²) in [4.78, 5) is 10.5. The van der Waals surface area contributed by atoms with Crippen molar-refractivity contribution in [1.82, 2.24) is 10.2 Å². The number of anilines is 1. The van der Waals surface area contributed by atoms with E-state index in [1.54, 1.807) is 18.4 Å². The normalized spacial score (nSPS) is 10.0. The van der Waals surface area contributed by atoms with E-state index in [-0.39, 0.29) is 5.69 Å². The highest BCUT2D eigenvalue weighted by Gasteiger charge is 2.04. The lowest BCUT2D eigenvalue weighted by molar-refractivity contribution is 0.0689. The molecule has 0 fully saturated rings. The van der Waals surface area contributed by atoms with Crippen molar-refractivity contribution in [3.05, 3.63) is 42.0 Å². The number of furan rings is 1. The van der Waals surface area contributed by atoms with Crippen LogP contribution in [0.1, 0.15) is 16.2 Å². The van der Waals surface area contributed by atoms with Crippen LogP contribution in [0.4, 0.5) is 5.82 Å². The molecule has 2 aromatic rings. The van der Waals surface area contributed by atoms with Crippen LogP contribution in [-0.4, -0.2) is 21.3 Å². The maximum Gasteiger partial charge on any atom is 0.356 e. The van der Waals surface area contributed by atoms with Crippen LogP contribution in [0, 0.1) is 0 Å². The molecule has 0 unspecified atom stereocenters. The van der Waals surface area contributed by atoms with Crippen molar-refractivity contribution in [1.29, 1.82) is 0 Å². The summed E-state index contributed by atoms with van der Waals surface area (Å²) >= 11 is 0. The topological polar surface area (TPSA) is 88.2 Å². The number of hydrogen-bond donors (Lipinski definition) is 2. The molecule has 0 atom stereocenters. The lowest BCUT2D eigenvalue weighted by Gasteiger charge is -2.01. The second-order valence-corrected chi connectivity index (χ2v) is 3.04. The highest BCUT2D eigenvalue weighted by molar-refractivity contribution is 5.85. The molecule has 0 spiro atoms. The molecule has 0 aromatic carbocycles. The van der Waals surface area contributed by atoms with Gasteiger partial charge in [-0.05, 0) is 24.3 Å². The van der Waals surface area contributed by atoms with Crippen LogP contribution in [0.3, 0.4) is 0 Å². The van der Waals surface area contributed by atoms with Crippen molar-refractivity contribution in [2.45, 2.75) is 6.54 Å². The molecule has 0 aliphatic heterocycles. The third-order valence-electron chi connectivity index (χ3n) is 1.91. The molecule has 82 valence electrons. The number of aromatic carboxylic acids is 1. The van der Waals surface area contributed by atoms with Crippen LogP contribution in [0.15, 0.2) is 34.9 Å². The van der Waals surface area contributed by atoms with E-state index in [1.807, 2.05) is 6.07 Å². The van der Waals surface area contributed by atoms with Gasteiger partial charge < -0.3 is 14.8 Å². The van der Waals surface area contributed by atoms with Crippen LogP contribution >= 0.6 is 0 Å². The zero-order chi connectivity index (χ0) is 11.4. The second-order valence-electron chi connectivity index (χ2n) is 3.04. The minimum Gasteiger partial charge on any atom is -0.476 e. The van der Waals surface area contributed by atoms with Gasteiger partial charge in [-0.1, -0.05) is 0 Å². The molecule has 2 N–H and O–H groups in total. The molecule has 0 saturated carbocycles. The highest BCUT2D eigenvalue weighted by Crippen LogP contribution is 2.06. The third kappa shape index (κ3) is 2.35. The van der Waals surface area contributed by atoms with E-state index in [0.717, 1.165) is 5.76 Å². The Morgan fingerprint density at radius 2 is 2.25 bits per heavy atom. The van der Waals surface area contributed by atoms with Gasteiger partial charge in [0.25, 0.3) is 0 Å². The van der Waals surface area contributed by atoms with Crippen molar-refractivity contribution >= 4 is 11.8 Å². The summed E-state index contributed by atoms with van der Waals surface area (Å²) < 4.78 is 5.11. The van der Waals surface area contributed by atoms with E-state index in [0.29, 0.717) is 12.4 Å². The van der Waals surface area contributed by atoms with E-state index in [9.17, 15) is 4.79 Å². The maximum absolute atomic E-state index is 10.5. The van der Waals surface area contributed by atoms with Crippen molar-refractivity contribution in [2.24, 2.45) is 0 Å². The molecular weight excluding hydrogens is 210 g/mol. The van der Waals surface area contributed by atoms with E-state index in [1.165, 1.54) is 6.07 Å². The van der Waals surface area contributed by atoms with E-state index < -0.39 is 5.97 Å². The van der Waals surface area contributed by atoms with Crippen LogP contribution in [0.2, 0.25) is 0 Å². The average Bonchev–Trinajstić information content (AvgIpc) is 2.80. The SMILES string of the molecule is O=C(O)c1ccc(NCc2ccco2)nn1. The lowest BCUT2D eigenvalue weighted by atomic mass is 10.4. The largest absolute Gasteiger partial charge is 0.476 e. The fourth-order valence-electron chi connectivity index (χ4n) is 1.13. The van der Waals surface area contributed by atoms with Gasteiger partial charge in [0.2, 0.25) is 0 Å². The number of carboxylic acids is 1. The predicted octanol–water partition coefficient (Wildman–Crippen LogP) is 1.38. The number of nitrogens with one attached hydrogen (secondary N) is 1. The zero-order valence-electron chi connectivity index (χ0n) is 8.25. The molecule has 0 amide bonds. The van der Waals surface area contributed by atoms with Crippen molar-refractivity contribution in [2.75, 3.05) is 5.32 Å². The summed E-state index contributed by atoms with van der Waals surface area (Å²) in [5.41, 5.74) is -0.0800. The van der Waals surface area contributed by atoms with Gasteiger partial charge in [-0.2, -0.15) is 0 Å². The van der Waals surface area contributed by atoms with E-state index in [2.05, 4.69) is 15.5 Å². The van der Waals surface area contributed by atoms with E-state index in [4.69, 9.17) is 9.52 Å². The third-order valence-corrected chi connectivity index (χ3v) is 1.91. The minimum atomic E-state index is -1.09. The smallest absolute Gasteiger partial charge is 0.356 e. The fraction of sp³-hybridized carbons (Fsp3) is 0.100. The maximum atomic E-state index is 10.5. The second kappa shape index (κ2) is 4.43.